The molecule has 1 fully saturated rings. The molecule has 1 atom stereocenters. The van der Waals surface area contributed by atoms with Crippen LogP contribution in [0.3, 0.4) is 0 Å². The zero-order chi connectivity index (χ0) is 16.2. The van der Waals surface area contributed by atoms with Crippen molar-refractivity contribution < 1.29 is 0 Å². The summed E-state index contributed by atoms with van der Waals surface area (Å²) in [5, 5.41) is 6.85. The Morgan fingerprint density at radius 1 is 1.22 bits per heavy atom. The Morgan fingerprint density at radius 2 is 2.04 bits per heavy atom. The predicted octanol–water partition coefficient (Wildman–Crippen LogP) is 4.48. The molecule has 0 aliphatic heterocycles. The third kappa shape index (κ3) is 4.44. The van der Waals surface area contributed by atoms with E-state index >= 15 is 0 Å². The Bertz CT molecular complexity index is 664. The van der Waals surface area contributed by atoms with Crippen LogP contribution < -0.4 is 10.6 Å². The van der Waals surface area contributed by atoms with E-state index in [0.29, 0.717) is 12.0 Å². The van der Waals surface area contributed by atoms with E-state index in [1.165, 1.54) is 24.0 Å². The lowest BCUT2D eigenvalue weighted by Crippen LogP contribution is -2.17. The van der Waals surface area contributed by atoms with Gasteiger partial charge in [-0.05, 0) is 38.7 Å². The first kappa shape index (κ1) is 15.8. The van der Waals surface area contributed by atoms with Crippen LogP contribution in [0.15, 0.2) is 30.3 Å². The molecule has 1 aliphatic rings. The third-order valence-electron chi connectivity index (χ3n) is 4.29. The molecule has 4 heteroatoms. The second kappa shape index (κ2) is 6.99. The lowest BCUT2D eigenvalue weighted by Gasteiger charge is -2.14. The van der Waals surface area contributed by atoms with Crippen molar-refractivity contribution in [1.29, 1.82) is 0 Å². The molecule has 1 aromatic heterocycles. The molecule has 0 saturated heterocycles. The van der Waals surface area contributed by atoms with Crippen molar-refractivity contribution >= 4 is 11.8 Å². The minimum Gasteiger partial charge on any atom is -0.366 e. The molecule has 4 nitrogen and oxygen atoms in total. The van der Waals surface area contributed by atoms with Gasteiger partial charge in [0.15, 0.2) is 0 Å². The first-order chi connectivity index (χ1) is 11.1. The molecule has 1 saturated carbocycles. The average Bonchev–Trinajstić information content (AvgIpc) is 3.37. The summed E-state index contributed by atoms with van der Waals surface area (Å²) in [6.07, 6.45) is 3.55. The van der Waals surface area contributed by atoms with E-state index in [9.17, 15) is 0 Å². The third-order valence-corrected chi connectivity index (χ3v) is 4.29. The number of aryl methyl sites for hydroxylation is 1. The fourth-order valence-electron chi connectivity index (χ4n) is 2.55. The van der Waals surface area contributed by atoms with Crippen molar-refractivity contribution in [3.8, 4) is 0 Å². The second-order valence-electron chi connectivity index (χ2n) is 6.57. The number of anilines is 2. The van der Waals surface area contributed by atoms with Crippen LogP contribution >= 0.6 is 0 Å². The quantitative estimate of drug-likeness (QED) is 0.791. The number of benzene rings is 1. The van der Waals surface area contributed by atoms with Gasteiger partial charge in [0.25, 0.3) is 0 Å². The fourth-order valence-corrected chi connectivity index (χ4v) is 2.55. The van der Waals surface area contributed by atoms with Gasteiger partial charge in [-0.3, -0.25) is 0 Å². The Hall–Kier alpha value is -2.10. The van der Waals surface area contributed by atoms with Crippen LogP contribution in [-0.4, -0.2) is 16.0 Å². The lowest BCUT2D eigenvalue weighted by molar-refractivity contribution is 0.750. The Morgan fingerprint density at radius 3 is 2.74 bits per heavy atom. The van der Waals surface area contributed by atoms with Crippen LogP contribution in [0.2, 0.25) is 0 Å². The Balaban J connectivity index is 1.74. The maximum atomic E-state index is 4.69. The van der Waals surface area contributed by atoms with E-state index in [4.69, 9.17) is 4.98 Å². The van der Waals surface area contributed by atoms with Gasteiger partial charge >= 0.3 is 0 Å². The van der Waals surface area contributed by atoms with Gasteiger partial charge in [-0.15, -0.1) is 0 Å². The van der Waals surface area contributed by atoms with E-state index in [-0.39, 0.29) is 0 Å². The van der Waals surface area contributed by atoms with Crippen LogP contribution in [0.25, 0.3) is 0 Å². The molecule has 0 spiro atoms. The largest absolute Gasteiger partial charge is 0.366 e. The summed E-state index contributed by atoms with van der Waals surface area (Å²) >= 11 is 0. The van der Waals surface area contributed by atoms with Gasteiger partial charge in [0.1, 0.15) is 5.82 Å². The highest BCUT2D eigenvalue weighted by molar-refractivity contribution is 5.45. The summed E-state index contributed by atoms with van der Waals surface area (Å²) in [5.41, 5.74) is 3.72. The number of rotatable bonds is 7. The van der Waals surface area contributed by atoms with Gasteiger partial charge < -0.3 is 10.6 Å². The maximum Gasteiger partial charge on any atom is 0.225 e. The smallest absolute Gasteiger partial charge is 0.225 e. The van der Waals surface area contributed by atoms with Gasteiger partial charge in [0.2, 0.25) is 5.95 Å². The molecule has 0 unspecified atom stereocenters. The van der Waals surface area contributed by atoms with E-state index in [1.807, 2.05) is 0 Å². The first-order valence-electron chi connectivity index (χ1n) is 8.59. The van der Waals surface area contributed by atoms with E-state index in [2.05, 4.69) is 66.7 Å². The molecule has 1 aromatic carbocycles. The summed E-state index contributed by atoms with van der Waals surface area (Å²) in [6, 6.07) is 11.0. The molecule has 0 radical (unpaired) electrons. The molecule has 1 heterocycles. The molecule has 2 N–H and O–H groups in total. The van der Waals surface area contributed by atoms with Crippen molar-refractivity contribution in [3.63, 3.8) is 0 Å². The monoisotopic (exact) mass is 310 g/mol. The number of nitrogens with one attached hydrogen (secondary N) is 2. The van der Waals surface area contributed by atoms with Gasteiger partial charge in [0.05, 0.1) is 5.69 Å². The summed E-state index contributed by atoms with van der Waals surface area (Å²) in [7, 11) is 0. The molecule has 23 heavy (non-hydrogen) atoms. The summed E-state index contributed by atoms with van der Waals surface area (Å²) < 4.78 is 0. The van der Waals surface area contributed by atoms with Crippen molar-refractivity contribution in [3.05, 3.63) is 47.2 Å². The highest BCUT2D eigenvalue weighted by Gasteiger charge is 2.26. The van der Waals surface area contributed by atoms with E-state index in [1.54, 1.807) is 0 Å². The maximum absolute atomic E-state index is 4.69. The minimum atomic E-state index is 0.383. The molecule has 0 bridgehead atoms. The highest BCUT2D eigenvalue weighted by atomic mass is 15.2. The number of hydrogen-bond acceptors (Lipinski definition) is 4. The first-order valence-corrected chi connectivity index (χ1v) is 8.59. The average molecular weight is 310 g/mol. The van der Waals surface area contributed by atoms with Crippen molar-refractivity contribution in [2.24, 2.45) is 0 Å². The zero-order valence-corrected chi connectivity index (χ0v) is 14.3. The summed E-state index contributed by atoms with van der Waals surface area (Å²) in [5.74, 6) is 2.28. The number of hydrogen-bond donors (Lipinski definition) is 2. The molecule has 1 aliphatic carbocycles. The molecule has 122 valence electrons. The van der Waals surface area contributed by atoms with E-state index < -0.39 is 0 Å². The van der Waals surface area contributed by atoms with Crippen LogP contribution in [0.4, 0.5) is 11.8 Å². The predicted molar refractivity (Wildman–Crippen MR) is 95.9 cm³/mol. The van der Waals surface area contributed by atoms with E-state index in [0.717, 1.165) is 30.4 Å². The van der Waals surface area contributed by atoms with Crippen LogP contribution in [0.5, 0.6) is 0 Å². The standard InChI is InChI=1S/C19H26N4/c1-4-14(3)21-19-22-17(16-8-9-16)11-18(23-19)20-12-15-7-5-6-13(2)10-15/h5-7,10-11,14,16H,4,8-9,12H2,1-3H3,(H2,20,21,22,23)/t14-/m0/s1. The second-order valence-corrected chi connectivity index (χ2v) is 6.57. The van der Waals surface area contributed by atoms with Crippen LogP contribution in [-0.2, 0) is 6.54 Å². The molecular formula is C19H26N4. The van der Waals surface area contributed by atoms with Gasteiger partial charge in [0, 0.05) is 24.6 Å². The van der Waals surface area contributed by atoms with Gasteiger partial charge in [-0.25, -0.2) is 4.98 Å². The van der Waals surface area contributed by atoms with Crippen LogP contribution in [0.1, 0.15) is 55.8 Å². The topological polar surface area (TPSA) is 49.8 Å². The summed E-state index contributed by atoms with van der Waals surface area (Å²) in [4.78, 5) is 9.33. The van der Waals surface area contributed by atoms with Gasteiger partial charge in [-0.2, -0.15) is 4.98 Å². The number of nitrogens with zero attached hydrogens (tertiary/aromatic N) is 2. The zero-order valence-electron chi connectivity index (χ0n) is 14.3. The minimum absolute atomic E-state index is 0.383. The van der Waals surface area contributed by atoms with Crippen molar-refractivity contribution in [2.75, 3.05) is 10.6 Å². The Kier molecular flexibility index (Phi) is 4.79. The van der Waals surface area contributed by atoms with Crippen LogP contribution in [0, 0.1) is 6.92 Å². The molecule has 0 amide bonds. The lowest BCUT2D eigenvalue weighted by atomic mass is 10.1. The molecule has 2 aromatic rings. The summed E-state index contributed by atoms with van der Waals surface area (Å²) in [6.45, 7) is 7.23. The normalized spacial score (nSPS) is 15.3. The van der Waals surface area contributed by atoms with Crippen molar-refractivity contribution in [2.45, 2.75) is 58.5 Å². The molecular weight excluding hydrogens is 284 g/mol. The number of aromatic nitrogens is 2. The van der Waals surface area contributed by atoms with Gasteiger partial charge in [-0.1, -0.05) is 36.8 Å². The Labute approximate surface area is 138 Å². The molecule has 3 rings (SSSR count). The highest BCUT2D eigenvalue weighted by Crippen LogP contribution is 2.39. The SMILES string of the molecule is CC[C@H](C)Nc1nc(NCc2cccc(C)c2)cc(C2CC2)n1. The van der Waals surface area contributed by atoms with Crippen molar-refractivity contribution in [1.82, 2.24) is 9.97 Å². The fraction of sp³-hybridized carbons (Fsp3) is 0.474.